The van der Waals surface area contributed by atoms with Crippen molar-refractivity contribution in [3.8, 4) is 5.75 Å². The van der Waals surface area contributed by atoms with Gasteiger partial charge in [0, 0.05) is 30.9 Å². The van der Waals surface area contributed by atoms with E-state index in [1.165, 1.54) is 0 Å². The van der Waals surface area contributed by atoms with Crippen LogP contribution in [-0.4, -0.2) is 41.6 Å². The number of benzene rings is 3. The van der Waals surface area contributed by atoms with Crippen LogP contribution in [0.15, 0.2) is 78.9 Å². The number of rotatable bonds is 11. The summed E-state index contributed by atoms with van der Waals surface area (Å²) in [6.45, 7) is 1.65. The van der Waals surface area contributed by atoms with Crippen LogP contribution >= 0.6 is 0 Å². The minimum atomic E-state index is -1.01. The molecule has 1 unspecified atom stereocenters. The van der Waals surface area contributed by atoms with E-state index in [9.17, 15) is 9.59 Å². The number of carbonyl (C=O) groups is 2. The van der Waals surface area contributed by atoms with Crippen LogP contribution < -0.4 is 15.8 Å². The molecule has 0 heterocycles. The van der Waals surface area contributed by atoms with Gasteiger partial charge in [-0.25, -0.2) is 0 Å². The lowest BCUT2D eigenvalue weighted by Crippen LogP contribution is -2.35. The smallest absolute Gasteiger partial charge is 0.320 e. The summed E-state index contributed by atoms with van der Waals surface area (Å²) < 4.78 is 5.21. The highest BCUT2D eigenvalue weighted by atomic mass is 16.5. The number of carbonyl (C=O) groups excluding carboxylic acids is 1. The number of hydrogen-bond donors (Lipinski definition) is 3. The van der Waals surface area contributed by atoms with Gasteiger partial charge in [-0.2, -0.15) is 0 Å². The standard InChI is InChI=1S/C26H29N3O4/c1-33-22-12-7-11-20(16-22)25(30)28-24-13-6-5-10-21(24)18-29(15-14-23(27)26(31)32)17-19-8-3-2-4-9-19/h2-13,16,23H,14-15,17-18,27H2,1H3,(H,28,30)(H,31,32). The van der Waals surface area contributed by atoms with Gasteiger partial charge in [-0.3, -0.25) is 14.5 Å². The largest absolute Gasteiger partial charge is 0.497 e. The Morgan fingerprint density at radius 1 is 1.00 bits per heavy atom. The predicted octanol–water partition coefficient (Wildman–Crippen LogP) is 3.75. The highest BCUT2D eigenvalue weighted by molar-refractivity contribution is 6.04. The monoisotopic (exact) mass is 447 g/mol. The number of carboxylic acids is 1. The SMILES string of the molecule is COc1cccc(C(=O)Nc2ccccc2CN(CCC(N)C(=O)O)Cc2ccccc2)c1. The summed E-state index contributed by atoms with van der Waals surface area (Å²) in [6.07, 6.45) is 0.320. The maximum atomic E-state index is 12.8. The molecule has 0 bridgehead atoms. The molecular weight excluding hydrogens is 418 g/mol. The van der Waals surface area contributed by atoms with Crippen molar-refractivity contribution in [3.63, 3.8) is 0 Å². The third-order valence-electron chi connectivity index (χ3n) is 5.31. The van der Waals surface area contributed by atoms with Crippen LogP contribution in [0.1, 0.15) is 27.9 Å². The van der Waals surface area contributed by atoms with Gasteiger partial charge in [-0.05, 0) is 41.8 Å². The van der Waals surface area contributed by atoms with Gasteiger partial charge < -0.3 is 20.9 Å². The summed E-state index contributed by atoms with van der Waals surface area (Å²) >= 11 is 0. The molecule has 0 fully saturated rings. The fourth-order valence-electron chi connectivity index (χ4n) is 3.48. The Balaban J connectivity index is 1.77. The van der Waals surface area contributed by atoms with E-state index in [2.05, 4.69) is 10.2 Å². The molecule has 3 aromatic carbocycles. The Hall–Kier alpha value is -3.68. The minimum Gasteiger partial charge on any atom is -0.497 e. The first-order valence-corrected chi connectivity index (χ1v) is 10.7. The maximum Gasteiger partial charge on any atom is 0.320 e. The molecule has 7 heteroatoms. The number of carboxylic acid groups (broad SMARTS) is 1. The number of nitrogens with two attached hydrogens (primary N) is 1. The average Bonchev–Trinajstić information content (AvgIpc) is 2.84. The van der Waals surface area contributed by atoms with E-state index in [1.807, 2.05) is 54.6 Å². The normalized spacial score (nSPS) is 11.7. The van der Waals surface area contributed by atoms with E-state index < -0.39 is 12.0 Å². The number of anilines is 1. The van der Waals surface area contributed by atoms with E-state index >= 15 is 0 Å². The fourth-order valence-corrected chi connectivity index (χ4v) is 3.48. The number of amides is 1. The molecule has 33 heavy (non-hydrogen) atoms. The summed E-state index contributed by atoms with van der Waals surface area (Å²) in [5.74, 6) is -0.635. The Labute approximate surface area is 193 Å². The van der Waals surface area contributed by atoms with E-state index in [4.69, 9.17) is 15.6 Å². The topological polar surface area (TPSA) is 105 Å². The highest BCUT2D eigenvalue weighted by Crippen LogP contribution is 2.21. The Morgan fingerprint density at radius 3 is 2.45 bits per heavy atom. The molecule has 3 rings (SSSR count). The first kappa shape index (κ1) is 24.0. The molecule has 0 aliphatic heterocycles. The molecule has 1 atom stereocenters. The van der Waals surface area contributed by atoms with E-state index in [0.29, 0.717) is 43.1 Å². The summed E-state index contributed by atoms with van der Waals surface area (Å²) in [4.78, 5) is 26.2. The van der Waals surface area contributed by atoms with Gasteiger partial charge in [0.25, 0.3) is 5.91 Å². The molecule has 0 aliphatic carbocycles. The molecule has 0 spiro atoms. The van der Waals surface area contributed by atoms with Crippen LogP contribution in [0.3, 0.4) is 0 Å². The van der Waals surface area contributed by atoms with Crippen molar-refractivity contribution in [1.82, 2.24) is 4.90 Å². The molecule has 7 nitrogen and oxygen atoms in total. The first-order chi connectivity index (χ1) is 16.0. The maximum absolute atomic E-state index is 12.8. The zero-order chi connectivity index (χ0) is 23.6. The van der Waals surface area contributed by atoms with E-state index in [-0.39, 0.29) is 5.91 Å². The predicted molar refractivity (Wildman–Crippen MR) is 128 cm³/mol. The number of hydrogen-bond acceptors (Lipinski definition) is 5. The molecule has 3 aromatic rings. The van der Waals surface area contributed by atoms with Crippen molar-refractivity contribution in [2.45, 2.75) is 25.6 Å². The molecule has 0 saturated heterocycles. The Bertz CT molecular complexity index is 1070. The van der Waals surface area contributed by atoms with Gasteiger partial charge in [0.05, 0.1) is 7.11 Å². The van der Waals surface area contributed by atoms with Gasteiger partial charge in [-0.1, -0.05) is 54.6 Å². The van der Waals surface area contributed by atoms with Gasteiger partial charge in [0.15, 0.2) is 0 Å². The van der Waals surface area contributed by atoms with Crippen molar-refractivity contribution in [2.75, 3.05) is 19.0 Å². The molecule has 1 amide bonds. The van der Waals surface area contributed by atoms with E-state index in [0.717, 1.165) is 11.1 Å². The molecule has 0 saturated carbocycles. The quantitative estimate of drug-likeness (QED) is 0.413. The van der Waals surface area contributed by atoms with Gasteiger partial charge >= 0.3 is 5.97 Å². The summed E-state index contributed by atoms with van der Waals surface area (Å²) in [5, 5.41) is 12.2. The number of para-hydroxylation sites is 1. The molecular formula is C26H29N3O4. The van der Waals surface area contributed by atoms with E-state index in [1.54, 1.807) is 31.4 Å². The third-order valence-corrected chi connectivity index (χ3v) is 5.31. The number of ether oxygens (including phenoxy) is 1. The third kappa shape index (κ3) is 7.17. The van der Waals surface area contributed by atoms with Crippen molar-refractivity contribution < 1.29 is 19.4 Å². The van der Waals surface area contributed by atoms with Crippen LogP contribution in [0.4, 0.5) is 5.69 Å². The van der Waals surface area contributed by atoms with Crippen LogP contribution in [-0.2, 0) is 17.9 Å². The second kappa shape index (κ2) is 11.8. The Kier molecular flexibility index (Phi) is 8.57. The van der Waals surface area contributed by atoms with Crippen molar-refractivity contribution in [1.29, 1.82) is 0 Å². The fraction of sp³-hybridized carbons (Fsp3) is 0.231. The van der Waals surface area contributed by atoms with Crippen LogP contribution in [0.5, 0.6) is 5.75 Å². The number of aliphatic carboxylic acids is 1. The van der Waals surface area contributed by atoms with Crippen LogP contribution in [0.2, 0.25) is 0 Å². The molecule has 0 aliphatic rings. The first-order valence-electron chi connectivity index (χ1n) is 10.7. The lowest BCUT2D eigenvalue weighted by atomic mass is 10.1. The van der Waals surface area contributed by atoms with Gasteiger partial charge in [0.2, 0.25) is 0 Å². The molecule has 0 aromatic heterocycles. The minimum absolute atomic E-state index is 0.233. The van der Waals surface area contributed by atoms with Crippen molar-refractivity contribution >= 4 is 17.6 Å². The Morgan fingerprint density at radius 2 is 1.73 bits per heavy atom. The van der Waals surface area contributed by atoms with Gasteiger partial charge in [-0.15, -0.1) is 0 Å². The lowest BCUT2D eigenvalue weighted by Gasteiger charge is -2.25. The molecule has 4 N–H and O–H groups in total. The summed E-state index contributed by atoms with van der Waals surface area (Å²) in [5.41, 5.74) is 8.97. The number of nitrogens with zero attached hydrogens (tertiary/aromatic N) is 1. The average molecular weight is 448 g/mol. The summed E-state index contributed by atoms with van der Waals surface area (Å²) in [6, 6.07) is 23.6. The second-order valence-corrected chi connectivity index (χ2v) is 7.77. The summed E-state index contributed by atoms with van der Waals surface area (Å²) in [7, 11) is 1.56. The van der Waals surface area contributed by atoms with Crippen molar-refractivity contribution in [3.05, 3.63) is 95.6 Å². The number of nitrogens with one attached hydrogen (secondary N) is 1. The zero-order valence-electron chi connectivity index (χ0n) is 18.6. The molecule has 172 valence electrons. The highest BCUT2D eigenvalue weighted by Gasteiger charge is 2.17. The lowest BCUT2D eigenvalue weighted by molar-refractivity contribution is -0.138. The van der Waals surface area contributed by atoms with Crippen LogP contribution in [0, 0.1) is 0 Å². The molecule has 0 radical (unpaired) electrons. The van der Waals surface area contributed by atoms with Crippen molar-refractivity contribution in [2.24, 2.45) is 5.73 Å². The second-order valence-electron chi connectivity index (χ2n) is 7.77. The number of methoxy groups -OCH3 is 1. The van der Waals surface area contributed by atoms with Gasteiger partial charge in [0.1, 0.15) is 11.8 Å². The van der Waals surface area contributed by atoms with Crippen LogP contribution in [0.25, 0.3) is 0 Å². The zero-order valence-corrected chi connectivity index (χ0v) is 18.6.